The Kier molecular flexibility index (Phi) is 4.50. The van der Waals surface area contributed by atoms with E-state index in [1.165, 1.54) is 5.56 Å². The lowest BCUT2D eigenvalue weighted by molar-refractivity contribution is 0.0238. The first-order valence-electron chi connectivity index (χ1n) is 5.40. The first-order chi connectivity index (χ1) is 8.25. The fourth-order valence-electron chi connectivity index (χ4n) is 1.58. The number of nitrogens with zero attached hydrogens (tertiary/aromatic N) is 1. The van der Waals surface area contributed by atoms with E-state index in [1.54, 1.807) is 11.8 Å². The predicted molar refractivity (Wildman–Crippen MR) is 66.5 cm³/mol. The zero-order chi connectivity index (χ0) is 12.1. The minimum absolute atomic E-state index is 0.338. The molecule has 2 rings (SSSR count). The van der Waals surface area contributed by atoms with Crippen molar-refractivity contribution in [3.8, 4) is 0 Å². The van der Waals surface area contributed by atoms with Crippen molar-refractivity contribution in [3.63, 3.8) is 0 Å². The molecule has 17 heavy (non-hydrogen) atoms. The van der Waals surface area contributed by atoms with Crippen LogP contribution in [0.25, 0.3) is 0 Å². The lowest BCUT2D eigenvalue weighted by Gasteiger charge is -2.02. The van der Waals surface area contributed by atoms with Crippen LogP contribution in [-0.4, -0.2) is 30.4 Å². The monoisotopic (exact) mass is 257 g/mol. The van der Waals surface area contributed by atoms with Crippen molar-refractivity contribution in [2.45, 2.75) is 12.8 Å². The lowest BCUT2D eigenvalue weighted by atomic mass is 10.2. The Morgan fingerprint density at radius 2 is 2.18 bits per heavy atom. The fraction of sp³-hybridized carbons (Fsp3) is 0.417. The summed E-state index contributed by atoms with van der Waals surface area (Å²) >= 11 is 1.57. The molecule has 1 aliphatic rings. The van der Waals surface area contributed by atoms with Gasteiger partial charge in [-0.25, -0.2) is 13.8 Å². The zero-order valence-corrected chi connectivity index (χ0v) is 10.1. The molecule has 0 amide bonds. The average molecular weight is 257 g/mol. The van der Waals surface area contributed by atoms with E-state index < -0.39 is 13.0 Å². The van der Waals surface area contributed by atoms with Gasteiger partial charge in [0.25, 0.3) is 6.43 Å². The molecule has 2 nitrogen and oxygen atoms in total. The quantitative estimate of drug-likeness (QED) is 0.755. The average Bonchev–Trinajstić information content (AvgIpc) is 2.70. The van der Waals surface area contributed by atoms with E-state index in [0.717, 1.165) is 17.2 Å². The van der Waals surface area contributed by atoms with Crippen molar-refractivity contribution in [2.75, 3.05) is 19.0 Å². The van der Waals surface area contributed by atoms with E-state index in [2.05, 4.69) is 11.1 Å². The minimum Gasteiger partial charge on any atom is -0.375 e. The van der Waals surface area contributed by atoms with Gasteiger partial charge in [-0.1, -0.05) is 18.2 Å². The molecule has 0 aliphatic carbocycles. The second kappa shape index (κ2) is 6.12. The van der Waals surface area contributed by atoms with Crippen molar-refractivity contribution in [3.05, 3.63) is 29.8 Å². The third-order valence-electron chi connectivity index (χ3n) is 2.32. The van der Waals surface area contributed by atoms with Crippen LogP contribution in [0.15, 0.2) is 29.3 Å². The highest BCUT2D eigenvalue weighted by Crippen LogP contribution is 2.29. The number of hydrogen-bond donors (Lipinski definition) is 0. The highest BCUT2D eigenvalue weighted by molar-refractivity contribution is 8.14. The van der Waals surface area contributed by atoms with Crippen LogP contribution in [0.1, 0.15) is 5.56 Å². The van der Waals surface area contributed by atoms with Crippen LogP contribution in [0, 0.1) is 0 Å². The molecule has 0 aromatic heterocycles. The Labute approximate surface area is 103 Å². The van der Waals surface area contributed by atoms with E-state index >= 15 is 0 Å². The summed E-state index contributed by atoms with van der Waals surface area (Å²) in [6, 6.07) is 7.99. The maximum Gasteiger partial charge on any atom is 0.261 e. The molecule has 0 bridgehead atoms. The van der Waals surface area contributed by atoms with Gasteiger partial charge in [0.15, 0.2) is 0 Å². The third-order valence-corrected chi connectivity index (χ3v) is 3.26. The van der Waals surface area contributed by atoms with E-state index in [9.17, 15) is 8.78 Å². The Morgan fingerprint density at radius 1 is 1.35 bits per heavy atom. The molecule has 0 saturated heterocycles. The number of fused-ring (bicyclic) bond motifs is 1. The molecule has 0 N–H and O–H groups in total. The fourth-order valence-corrected chi connectivity index (χ4v) is 2.44. The molecular formula is C12H13F2NOS. The molecule has 1 heterocycles. The normalized spacial score (nSPS) is 13.9. The van der Waals surface area contributed by atoms with Crippen LogP contribution in [0.4, 0.5) is 14.5 Å². The number of alkyl halides is 2. The topological polar surface area (TPSA) is 21.6 Å². The van der Waals surface area contributed by atoms with E-state index in [4.69, 9.17) is 4.74 Å². The highest BCUT2D eigenvalue weighted by Gasteiger charge is 2.13. The molecule has 0 atom stereocenters. The Morgan fingerprint density at radius 3 is 2.94 bits per heavy atom. The molecule has 5 heteroatoms. The van der Waals surface area contributed by atoms with Crippen LogP contribution >= 0.6 is 11.8 Å². The van der Waals surface area contributed by atoms with E-state index in [0.29, 0.717) is 12.4 Å². The summed E-state index contributed by atoms with van der Waals surface area (Å²) in [7, 11) is 0. The van der Waals surface area contributed by atoms with Crippen LogP contribution < -0.4 is 0 Å². The number of halogens is 2. The predicted octanol–water partition coefficient (Wildman–Crippen LogP) is 3.29. The minimum atomic E-state index is -2.38. The Balaban J connectivity index is 1.69. The molecule has 0 saturated carbocycles. The summed E-state index contributed by atoms with van der Waals surface area (Å²) in [5.74, 6) is 0.666. The highest BCUT2D eigenvalue weighted by atomic mass is 32.2. The largest absolute Gasteiger partial charge is 0.375 e. The van der Waals surface area contributed by atoms with Crippen LogP contribution in [0.2, 0.25) is 0 Å². The first kappa shape index (κ1) is 12.5. The number of aliphatic imine (C=N–C) groups is 1. The SMILES string of the molecule is FC(F)COCCSC1=Nc2ccccc2C1. The summed E-state index contributed by atoms with van der Waals surface area (Å²) in [6.45, 7) is -0.141. The molecule has 0 unspecified atom stereocenters. The van der Waals surface area contributed by atoms with Gasteiger partial charge in [-0.3, -0.25) is 0 Å². The van der Waals surface area contributed by atoms with Gasteiger partial charge in [-0.2, -0.15) is 0 Å². The van der Waals surface area contributed by atoms with E-state index in [-0.39, 0.29) is 0 Å². The first-order valence-corrected chi connectivity index (χ1v) is 6.38. The maximum atomic E-state index is 11.8. The van der Waals surface area contributed by atoms with Crippen LogP contribution in [0.3, 0.4) is 0 Å². The van der Waals surface area contributed by atoms with Crippen molar-refractivity contribution in [2.24, 2.45) is 4.99 Å². The number of rotatable bonds is 5. The second-order valence-electron chi connectivity index (χ2n) is 3.63. The summed E-state index contributed by atoms with van der Waals surface area (Å²) in [4.78, 5) is 4.46. The van der Waals surface area contributed by atoms with Crippen molar-refractivity contribution in [1.82, 2.24) is 0 Å². The van der Waals surface area contributed by atoms with Crippen LogP contribution in [0.5, 0.6) is 0 Å². The number of hydrogen-bond acceptors (Lipinski definition) is 3. The molecular weight excluding hydrogens is 244 g/mol. The summed E-state index contributed by atoms with van der Waals surface area (Å²) in [5.41, 5.74) is 2.24. The molecule has 1 aromatic rings. The molecule has 0 radical (unpaired) electrons. The smallest absolute Gasteiger partial charge is 0.261 e. The van der Waals surface area contributed by atoms with Gasteiger partial charge < -0.3 is 4.74 Å². The number of thioether (sulfide) groups is 1. The van der Waals surface area contributed by atoms with Gasteiger partial charge in [0.05, 0.1) is 17.3 Å². The third kappa shape index (κ3) is 3.78. The zero-order valence-electron chi connectivity index (χ0n) is 9.23. The van der Waals surface area contributed by atoms with Crippen LogP contribution in [-0.2, 0) is 11.2 Å². The molecule has 92 valence electrons. The lowest BCUT2D eigenvalue weighted by Crippen LogP contribution is -2.07. The van der Waals surface area contributed by atoms with Gasteiger partial charge in [-0.15, -0.1) is 11.8 Å². The summed E-state index contributed by atoms with van der Waals surface area (Å²) < 4.78 is 28.4. The number of benzene rings is 1. The van der Waals surface area contributed by atoms with Crippen molar-refractivity contribution >= 4 is 22.5 Å². The van der Waals surface area contributed by atoms with Gasteiger partial charge >= 0.3 is 0 Å². The molecule has 1 aromatic carbocycles. The van der Waals surface area contributed by atoms with Gasteiger partial charge in [0.2, 0.25) is 0 Å². The number of para-hydroxylation sites is 1. The summed E-state index contributed by atoms with van der Waals surface area (Å²) in [6.07, 6.45) is -1.54. The van der Waals surface area contributed by atoms with Crippen molar-refractivity contribution < 1.29 is 13.5 Å². The standard InChI is InChI=1S/C12H13F2NOS/c13-11(14)8-16-5-6-17-12-7-9-3-1-2-4-10(9)15-12/h1-4,11H,5-8H2. The van der Waals surface area contributed by atoms with Crippen molar-refractivity contribution in [1.29, 1.82) is 0 Å². The molecule has 0 fully saturated rings. The molecule has 0 spiro atoms. The number of ether oxygens (including phenoxy) is 1. The Bertz CT molecular complexity index is 409. The van der Waals surface area contributed by atoms with Gasteiger partial charge in [0.1, 0.15) is 6.61 Å². The maximum absolute atomic E-state index is 11.8. The Hall–Kier alpha value is -0.940. The second-order valence-corrected chi connectivity index (χ2v) is 4.79. The van der Waals surface area contributed by atoms with Gasteiger partial charge in [0, 0.05) is 12.2 Å². The summed E-state index contributed by atoms with van der Waals surface area (Å²) in [5, 5.41) is 1.03. The molecule has 1 aliphatic heterocycles. The van der Waals surface area contributed by atoms with E-state index in [1.807, 2.05) is 18.2 Å². The van der Waals surface area contributed by atoms with Gasteiger partial charge in [-0.05, 0) is 11.6 Å².